The predicted molar refractivity (Wildman–Crippen MR) is 86.1 cm³/mol. The van der Waals surface area contributed by atoms with Gasteiger partial charge in [-0.15, -0.1) is 12.4 Å². The van der Waals surface area contributed by atoms with E-state index in [1.54, 1.807) is 19.2 Å². The van der Waals surface area contributed by atoms with Crippen molar-refractivity contribution in [2.24, 2.45) is 0 Å². The summed E-state index contributed by atoms with van der Waals surface area (Å²) in [5, 5.41) is 2.99. The van der Waals surface area contributed by atoms with Crippen LogP contribution in [-0.4, -0.2) is 28.1 Å². The Morgan fingerprint density at radius 2 is 1.65 bits per heavy atom. The van der Waals surface area contributed by atoms with E-state index in [9.17, 15) is 8.42 Å². The van der Waals surface area contributed by atoms with Gasteiger partial charge in [-0.05, 0) is 37.1 Å². The molecule has 0 radical (unpaired) electrons. The van der Waals surface area contributed by atoms with Crippen molar-refractivity contribution in [2.75, 3.05) is 13.6 Å². The van der Waals surface area contributed by atoms with Gasteiger partial charge in [-0.1, -0.05) is 32.9 Å². The molecular weight excluding hydrogens is 296 g/mol. The SMILES string of the molecule is CNC(C)CNS(=O)(=O)c1ccc(C(C)(C)C)cc1.Cl. The zero-order valence-electron chi connectivity index (χ0n) is 12.7. The Labute approximate surface area is 128 Å². The van der Waals surface area contributed by atoms with Crippen molar-refractivity contribution >= 4 is 22.4 Å². The summed E-state index contributed by atoms with van der Waals surface area (Å²) < 4.78 is 26.7. The van der Waals surface area contributed by atoms with Gasteiger partial charge in [0.25, 0.3) is 0 Å². The molecule has 1 unspecified atom stereocenters. The molecule has 0 bridgehead atoms. The lowest BCUT2D eigenvalue weighted by Crippen LogP contribution is -2.37. The van der Waals surface area contributed by atoms with E-state index in [1.165, 1.54) is 0 Å². The van der Waals surface area contributed by atoms with Gasteiger partial charge < -0.3 is 5.32 Å². The predicted octanol–water partition coefficient (Wildman–Crippen LogP) is 2.29. The van der Waals surface area contributed by atoms with E-state index < -0.39 is 10.0 Å². The monoisotopic (exact) mass is 320 g/mol. The molecule has 0 heterocycles. The molecule has 0 amide bonds. The molecule has 2 N–H and O–H groups in total. The Kier molecular flexibility index (Phi) is 7.18. The maximum Gasteiger partial charge on any atom is 0.240 e. The highest BCUT2D eigenvalue weighted by Crippen LogP contribution is 2.23. The summed E-state index contributed by atoms with van der Waals surface area (Å²) in [6, 6.07) is 7.16. The molecule has 0 saturated heterocycles. The average molecular weight is 321 g/mol. The standard InChI is InChI=1S/C14H24N2O2S.ClH/c1-11(15-5)10-16-19(17,18)13-8-6-12(7-9-13)14(2,3)4;/h6-9,11,15-16H,10H2,1-5H3;1H. The van der Waals surface area contributed by atoms with Crippen LogP contribution in [0.1, 0.15) is 33.3 Å². The fourth-order valence-corrected chi connectivity index (χ4v) is 2.68. The lowest BCUT2D eigenvalue weighted by molar-refractivity contribution is 0.553. The van der Waals surface area contributed by atoms with E-state index in [2.05, 4.69) is 30.8 Å². The van der Waals surface area contributed by atoms with Crippen LogP contribution in [0.15, 0.2) is 29.2 Å². The maximum absolute atomic E-state index is 12.1. The quantitative estimate of drug-likeness (QED) is 0.875. The van der Waals surface area contributed by atoms with Gasteiger partial charge in [0, 0.05) is 12.6 Å². The number of likely N-dealkylation sites (N-methyl/N-ethyl adjacent to an activating group) is 1. The fourth-order valence-electron chi connectivity index (χ4n) is 1.55. The smallest absolute Gasteiger partial charge is 0.240 e. The first kappa shape index (κ1) is 19.4. The molecule has 0 fully saturated rings. The molecule has 6 heteroatoms. The minimum Gasteiger partial charge on any atom is -0.316 e. The van der Waals surface area contributed by atoms with Gasteiger partial charge in [-0.3, -0.25) is 0 Å². The molecule has 1 aromatic rings. The lowest BCUT2D eigenvalue weighted by atomic mass is 9.87. The van der Waals surface area contributed by atoms with Gasteiger partial charge in [0.2, 0.25) is 10.0 Å². The van der Waals surface area contributed by atoms with Crippen molar-refractivity contribution in [2.45, 2.75) is 44.0 Å². The summed E-state index contributed by atoms with van der Waals surface area (Å²) in [6.07, 6.45) is 0. The number of nitrogens with one attached hydrogen (secondary N) is 2. The van der Waals surface area contributed by atoms with Crippen molar-refractivity contribution in [1.82, 2.24) is 10.0 Å². The van der Waals surface area contributed by atoms with Crippen LogP contribution in [0.2, 0.25) is 0 Å². The molecule has 4 nitrogen and oxygen atoms in total. The molecule has 1 atom stereocenters. The summed E-state index contributed by atoms with van der Waals surface area (Å²) in [4.78, 5) is 0.309. The average Bonchev–Trinajstić information content (AvgIpc) is 2.35. The largest absolute Gasteiger partial charge is 0.316 e. The first-order chi connectivity index (χ1) is 8.66. The van der Waals surface area contributed by atoms with E-state index in [0.717, 1.165) is 5.56 Å². The van der Waals surface area contributed by atoms with E-state index in [4.69, 9.17) is 0 Å². The van der Waals surface area contributed by atoms with Crippen molar-refractivity contribution < 1.29 is 8.42 Å². The van der Waals surface area contributed by atoms with Gasteiger partial charge in [-0.25, -0.2) is 13.1 Å². The van der Waals surface area contributed by atoms with Crippen LogP contribution in [-0.2, 0) is 15.4 Å². The van der Waals surface area contributed by atoms with Crippen LogP contribution >= 0.6 is 12.4 Å². The van der Waals surface area contributed by atoms with E-state index in [0.29, 0.717) is 11.4 Å². The van der Waals surface area contributed by atoms with Crippen LogP contribution in [0.3, 0.4) is 0 Å². The maximum atomic E-state index is 12.1. The molecule has 0 spiro atoms. The van der Waals surface area contributed by atoms with Crippen LogP contribution in [0.5, 0.6) is 0 Å². The van der Waals surface area contributed by atoms with Crippen LogP contribution < -0.4 is 10.0 Å². The molecule has 1 aromatic carbocycles. The van der Waals surface area contributed by atoms with Crippen LogP contribution in [0.25, 0.3) is 0 Å². The minimum atomic E-state index is -3.42. The highest BCUT2D eigenvalue weighted by Gasteiger charge is 2.17. The Hall–Kier alpha value is -0.620. The third-order valence-electron chi connectivity index (χ3n) is 3.10. The Morgan fingerprint density at radius 3 is 2.05 bits per heavy atom. The Bertz CT molecular complexity index is 507. The van der Waals surface area contributed by atoms with E-state index >= 15 is 0 Å². The first-order valence-electron chi connectivity index (χ1n) is 6.44. The molecule has 0 aliphatic heterocycles. The van der Waals surface area contributed by atoms with Crippen molar-refractivity contribution in [3.63, 3.8) is 0 Å². The molecule has 0 saturated carbocycles. The highest BCUT2D eigenvalue weighted by atomic mass is 35.5. The number of halogens is 1. The second kappa shape index (κ2) is 7.41. The normalized spacial score (nSPS) is 13.7. The second-order valence-electron chi connectivity index (χ2n) is 5.82. The molecule has 0 aliphatic carbocycles. The summed E-state index contributed by atoms with van der Waals surface area (Å²) in [7, 11) is -1.62. The number of hydrogen-bond acceptors (Lipinski definition) is 3. The van der Waals surface area contributed by atoms with Crippen LogP contribution in [0.4, 0.5) is 0 Å². The first-order valence-corrected chi connectivity index (χ1v) is 7.92. The topological polar surface area (TPSA) is 58.2 Å². The Balaban J connectivity index is 0.00000361. The zero-order chi connectivity index (χ0) is 14.7. The molecular formula is C14H25ClN2O2S. The molecule has 20 heavy (non-hydrogen) atoms. The lowest BCUT2D eigenvalue weighted by Gasteiger charge is -2.19. The number of rotatable bonds is 5. The van der Waals surface area contributed by atoms with Gasteiger partial charge in [0.05, 0.1) is 4.90 Å². The highest BCUT2D eigenvalue weighted by molar-refractivity contribution is 7.89. The third-order valence-corrected chi connectivity index (χ3v) is 4.54. The van der Waals surface area contributed by atoms with Gasteiger partial charge >= 0.3 is 0 Å². The minimum absolute atomic E-state index is 0. The van der Waals surface area contributed by atoms with Crippen molar-refractivity contribution in [3.8, 4) is 0 Å². The summed E-state index contributed by atoms with van der Waals surface area (Å²) in [6.45, 7) is 8.60. The van der Waals surface area contributed by atoms with E-state index in [-0.39, 0.29) is 23.9 Å². The molecule has 116 valence electrons. The summed E-state index contributed by atoms with van der Waals surface area (Å²) in [5.74, 6) is 0. The van der Waals surface area contributed by atoms with Gasteiger partial charge in [-0.2, -0.15) is 0 Å². The number of sulfonamides is 1. The van der Waals surface area contributed by atoms with Crippen molar-refractivity contribution in [1.29, 1.82) is 0 Å². The number of hydrogen-bond donors (Lipinski definition) is 2. The second-order valence-corrected chi connectivity index (χ2v) is 7.58. The van der Waals surface area contributed by atoms with Gasteiger partial charge in [0.1, 0.15) is 0 Å². The summed E-state index contributed by atoms with van der Waals surface area (Å²) in [5.41, 5.74) is 1.14. The van der Waals surface area contributed by atoms with Crippen molar-refractivity contribution in [3.05, 3.63) is 29.8 Å². The molecule has 0 aromatic heterocycles. The number of benzene rings is 1. The molecule has 0 aliphatic rings. The third kappa shape index (κ3) is 5.40. The summed E-state index contributed by atoms with van der Waals surface area (Å²) >= 11 is 0. The van der Waals surface area contributed by atoms with Crippen LogP contribution in [0, 0.1) is 0 Å². The Morgan fingerprint density at radius 1 is 1.15 bits per heavy atom. The zero-order valence-corrected chi connectivity index (χ0v) is 14.4. The van der Waals surface area contributed by atoms with E-state index in [1.807, 2.05) is 19.1 Å². The fraction of sp³-hybridized carbons (Fsp3) is 0.571. The molecule has 1 rings (SSSR count). The van der Waals surface area contributed by atoms with Gasteiger partial charge in [0.15, 0.2) is 0 Å².